The van der Waals surface area contributed by atoms with Crippen molar-refractivity contribution >= 4 is 16.7 Å². The van der Waals surface area contributed by atoms with Crippen LogP contribution in [0.25, 0.3) is 10.9 Å². The van der Waals surface area contributed by atoms with Gasteiger partial charge in [0.1, 0.15) is 0 Å². The third kappa shape index (κ3) is 1.96. The summed E-state index contributed by atoms with van der Waals surface area (Å²) in [7, 11) is 0. The van der Waals surface area contributed by atoms with Gasteiger partial charge in [0.2, 0.25) is 0 Å². The van der Waals surface area contributed by atoms with Crippen molar-refractivity contribution in [2.45, 2.75) is 39.2 Å². The molecule has 1 heterocycles. The first-order valence-corrected chi connectivity index (χ1v) is 6.83. The average Bonchev–Trinajstić information content (AvgIpc) is 2.99. The van der Waals surface area contributed by atoms with Gasteiger partial charge in [0.05, 0.1) is 6.54 Å². The summed E-state index contributed by atoms with van der Waals surface area (Å²) in [6.07, 6.45) is 6.68. The van der Waals surface area contributed by atoms with Crippen LogP contribution >= 0.6 is 0 Å². The van der Waals surface area contributed by atoms with Crippen molar-refractivity contribution in [3.05, 3.63) is 36.0 Å². The van der Waals surface area contributed by atoms with E-state index < -0.39 is 0 Å². The summed E-state index contributed by atoms with van der Waals surface area (Å²) >= 11 is 0. The number of benzene rings is 1. The van der Waals surface area contributed by atoms with Crippen LogP contribution in [0.1, 0.15) is 31.2 Å². The summed E-state index contributed by atoms with van der Waals surface area (Å²) in [4.78, 5) is 12.2. The van der Waals surface area contributed by atoms with Crippen molar-refractivity contribution in [1.29, 1.82) is 0 Å². The molecule has 0 saturated heterocycles. The Bertz CT molecular complexity index is 576. The molecule has 1 aromatic carbocycles. The predicted octanol–water partition coefficient (Wildman–Crippen LogP) is 3.71. The number of aryl methyl sites for hydroxylation is 1. The second-order valence-electron chi connectivity index (χ2n) is 5.40. The van der Waals surface area contributed by atoms with E-state index in [0.717, 1.165) is 12.8 Å². The SMILES string of the molecule is Cc1cccc2c1ccn2CC(=O)C1CCCC1. The van der Waals surface area contributed by atoms with E-state index in [-0.39, 0.29) is 0 Å². The zero-order chi connectivity index (χ0) is 12.5. The van der Waals surface area contributed by atoms with Gasteiger partial charge in [0.25, 0.3) is 0 Å². The minimum absolute atomic E-state index is 0.312. The predicted molar refractivity (Wildman–Crippen MR) is 73.6 cm³/mol. The molecule has 0 atom stereocenters. The largest absolute Gasteiger partial charge is 0.340 e. The Morgan fingerprint density at radius 2 is 2.06 bits per heavy atom. The molecule has 0 bridgehead atoms. The van der Waals surface area contributed by atoms with Gasteiger partial charge in [0, 0.05) is 23.0 Å². The lowest BCUT2D eigenvalue weighted by Gasteiger charge is -2.10. The summed E-state index contributed by atoms with van der Waals surface area (Å²) < 4.78 is 2.10. The van der Waals surface area contributed by atoms with Crippen LogP contribution in [0.3, 0.4) is 0 Å². The fourth-order valence-corrected chi connectivity index (χ4v) is 3.06. The number of hydrogen-bond donors (Lipinski definition) is 0. The Morgan fingerprint density at radius 3 is 2.83 bits per heavy atom. The molecule has 1 saturated carbocycles. The normalized spacial score (nSPS) is 16.5. The molecule has 1 aliphatic rings. The fourth-order valence-electron chi connectivity index (χ4n) is 3.06. The fraction of sp³-hybridized carbons (Fsp3) is 0.438. The van der Waals surface area contributed by atoms with E-state index in [4.69, 9.17) is 0 Å². The molecule has 2 aromatic rings. The van der Waals surface area contributed by atoms with Crippen LogP contribution in [0, 0.1) is 12.8 Å². The lowest BCUT2D eigenvalue weighted by molar-refractivity contribution is -0.123. The highest BCUT2D eigenvalue weighted by Crippen LogP contribution is 2.27. The van der Waals surface area contributed by atoms with E-state index in [1.165, 1.54) is 29.3 Å². The Labute approximate surface area is 108 Å². The molecule has 1 aromatic heterocycles. The van der Waals surface area contributed by atoms with Gasteiger partial charge in [-0.1, -0.05) is 25.0 Å². The van der Waals surface area contributed by atoms with E-state index in [9.17, 15) is 4.79 Å². The Balaban J connectivity index is 1.86. The number of carbonyl (C=O) groups excluding carboxylic acids is 1. The molecule has 18 heavy (non-hydrogen) atoms. The monoisotopic (exact) mass is 241 g/mol. The molecule has 0 aliphatic heterocycles. The second kappa shape index (κ2) is 4.60. The third-order valence-electron chi connectivity index (χ3n) is 4.17. The van der Waals surface area contributed by atoms with Crippen molar-refractivity contribution in [3.63, 3.8) is 0 Å². The minimum Gasteiger partial charge on any atom is -0.340 e. The molecule has 1 fully saturated rings. The molecule has 0 spiro atoms. The third-order valence-corrected chi connectivity index (χ3v) is 4.17. The second-order valence-corrected chi connectivity index (χ2v) is 5.40. The number of nitrogens with zero attached hydrogens (tertiary/aromatic N) is 1. The van der Waals surface area contributed by atoms with Gasteiger partial charge in [0.15, 0.2) is 5.78 Å². The molecular weight excluding hydrogens is 222 g/mol. The number of fused-ring (bicyclic) bond motifs is 1. The van der Waals surface area contributed by atoms with Crippen LogP contribution in [0.15, 0.2) is 30.5 Å². The van der Waals surface area contributed by atoms with Crippen LogP contribution in [0.4, 0.5) is 0 Å². The first kappa shape index (κ1) is 11.5. The highest BCUT2D eigenvalue weighted by Gasteiger charge is 2.22. The van der Waals surface area contributed by atoms with Gasteiger partial charge >= 0.3 is 0 Å². The number of hydrogen-bond acceptors (Lipinski definition) is 1. The molecule has 0 N–H and O–H groups in total. The van der Waals surface area contributed by atoms with Crippen molar-refractivity contribution in [3.8, 4) is 0 Å². The molecule has 2 heteroatoms. The Morgan fingerprint density at radius 1 is 1.28 bits per heavy atom. The summed E-state index contributed by atoms with van der Waals surface area (Å²) in [6.45, 7) is 2.66. The average molecular weight is 241 g/mol. The lowest BCUT2D eigenvalue weighted by Crippen LogP contribution is -2.17. The molecule has 1 aliphatic carbocycles. The molecule has 0 amide bonds. The van der Waals surface area contributed by atoms with Crippen molar-refractivity contribution in [1.82, 2.24) is 4.57 Å². The Hall–Kier alpha value is -1.57. The van der Waals surface area contributed by atoms with E-state index in [1.54, 1.807) is 0 Å². The summed E-state index contributed by atoms with van der Waals surface area (Å²) in [5.74, 6) is 0.721. The molecule has 94 valence electrons. The topological polar surface area (TPSA) is 22.0 Å². The highest BCUT2D eigenvalue weighted by atomic mass is 16.1. The van der Waals surface area contributed by atoms with Crippen LogP contribution in [-0.2, 0) is 11.3 Å². The van der Waals surface area contributed by atoms with E-state index in [1.807, 2.05) is 6.20 Å². The quantitative estimate of drug-likeness (QED) is 0.803. The van der Waals surface area contributed by atoms with Crippen LogP contribution in [0.5, 0.6) is 0 Å². The van der Waals surface area contributed by atoms with Crippen molar-refractivity contribution in [2.24, 2.45) is 5.92 Å². The number of rotatable bonds is 3. The van der Waals surface area contributed by atoms with Gasteiger partial charge in [-0.25, -0.2) is 0 Å². The number of aromatic nitrogens is 1. The summed E-state index contributed by atoms with van der Waals surface area (Å²) in [5.41, 5.74) is 2.46. The first-order chi connectivity index (χ1) is 8.75. The highest BCUT2D eigenvalue weighted by molar-refractivity contribution is 5.87. The van der Waals surface area contributed by atoms with E-state index in [0.29, 0.717) is 18.2 Å². The van der Waals surface area contributed by atoms with Crippen molar-refractivity contribution in [2.75, 3.05) is 0 Å². The zero-order valence-electron chi connectivity index (χ0n) is 10.9. The van der Waals surface area contributed by atoms with Gasteiger partial charge in [-0.2, -0.15) is 0 Å². The van der Waals surface area contributed by atoms with Gasteiger partial charge in [-0.05, 0) is 37.5 Å². The zero-order valence-corrected chi connectivity index (χ0v) is 10.9. The van der Waals surface area contributed by atoms with E-state index >= 15 is 0 Å². The first-order valence-electron chi connectivity index (χ1n) is 6.83. The maximum Gasteiger partial charge on any atom is 0.155 e. The summed E-state index contributed by atoms with van der Waals surface area (Å²) in [5, 5.41) is 1.26. The molecule has 0 radical (unpaired) electrons. The maximum atomic E-state index is 12.2. The molecule has 2 nitrogen and oxygen atoms in total. The van der Waals surface area contributed by atoms with Gasteiger partial charge < -0.3 is 4.57 Å². The van der Waals surface area contributed by atoms with Gasteiger partial charge in [-0.3, -0.25) is 4.79 Å². The van der Waals surface area contributed by atoms with Crippen molar-refractivity contribution < 1.29 is 4.79 Å². The van der Waals surface area contributed by atoms with Crippen LogP contribution in [-0.4, -0.2) is 10.4 Å². The minimum atomic E-state index is 0.312. The molecular formula is C16H19NO. The standard InChI is InChI=1S/C16H19NO/c1-12-5-4-8-15-14(12)9-10-17(15)11-16(18)13-6-2-3-7-13/h4-5,8-10,13H,2-3,6-7,11H2,1H3. The maximum absolute atomic E-state index is 12.2. The van der Waals surface area contributed by atoms with Crippen LogP contribution < -0.4 is 0 Å². The summed E-state index contributed by atoms with van der Waals surface area (Å²) in [6, 6.07) is 8.40. The smallest absolute Gasteiger partial charge is 0.155 e. The number of ketones is 1. The van der Waals surface area contributed by atoms with Crippen LogP contribution in [0.2, 0.25) is 0 Å². The Kier molecular flexibility index (Phi) is 2.94. The van der Waals surface area contributed by atoms with E-state index in [2.05, 4.69) is 35.8 Å². The molecule has 3 rings (SSSR count). The number of Topliss-reactive ketones (excluding diaryl/α,β-unsaturated/α-hetero) is 1. The van der Waals surface area contributed by atoms with Gasteiger partial charge in [-0.15, -0.1) is 0 Å². The molecule has 0 unspecified atom stereocenters. The number of carbonyl (C=O) groups is 1. The lowest BCUT2D eigenvalue weighted by atomic mass is 10.0.